The predicted molar refractivity (Wildman–Crippen MR) is 35.2 cm³/mol. The van der Waals surface area contributed by atoms with Gasteiger partial charge in [-0.05, 0) is 12.2 Å². The lowest BCUT2D eigenvalue weighted by Gasteiger charge is -1.98. The molecule has 1 atom stereocenters. The molecule has 0 amide bonds. The quantitative estimate of drug-likeness (QED) is 0.411. The highest BCUT2D eigenvalue weighted by atomic mass is 32.1. The van der Waals surface area contributed by atoms with Crippen LogP contribution in [0, 0.1) is 0 Å². The van der Waals surface area contributed by atoms with Gasteiger partial charge in [-0.1, -0.05) is 0 Å². The molecule has 9 heavy (non-hydrogen) atoms. The van der Waals surface area contributed by atoms with Crippen molar-refractivity contribution >= 4 is 23.3 Å². The van der Waals surface area contributed by atoms with Crippen molar-refractivity contribution in [2.75, 3.05) is 6.54 Å². The number of rotatable bonds is 1. The highest BCUT2D eigenvalue weighted by Crippen LogP contribution is 1.88. The summed E-state index contributed by atoms with van der Waals surface area (Å²) in [4.78, 5) is 10.2. The van der Waals surface area contributed by atoms with E-state index >= 15 is 0 Å². The summed E-state index contributed by atoms with van der Waals surface area (Å²) < 4.78 is 0. The standard InChI is InChI=1S/C4H6N2O2S/c7-3(8)2-1-5-4(9)6-2/h2H,1H2,(H,7,8)(H2,5,6,9)/t2-/m0/s1. The fourth-order valence-electron chi connectivity index (χ4n) is 0.604. The summed E-state index contributed by atoms with van der Waals surface area (Å²) >= 11 is 4.63. The van der Waals surface area contributed by atoms with E-state index in [0.29, 0.717) is 11.7 Å². The number of aliphatic carboxylic acids is 1. The molecule has 0 aromatic carbocycles. The molecule has 0 aromatic rings. The van der Waals surface area contributed by atoms with Gasteiger partial charge in [-0.3, -0.25) is 0 Å². The van der Waals surface area contributed by atoms with Crippen molar-refractivity contribution in [3.8, 4) is 0 Å². The lowest BCUT2D eigenvalue weighted by atomic mass is 10.3. The number of carboxylic acids is 1. The second-order valence-corrected chi connectivity index (χ2v) is 2.15. The second kappa shape index (κ2) is 2.18. The summed E-state index contributed by atoms with van der Waals surface area (Å²) in [5, 5.41) is 14.1. The van der Waals surface area contributed by atoms with Crippen molar-refractivity contribution in [2.45, 2.75) is 6.04 Å². The monoisotopic (exact) mass is 146 g/mol. The van der Waals surface area contributed by atoms with Crippen molar-refractivity contribution in [3.05, 3.63) is 0 Å². The largest absolute Gasteiger partial charge is 0.480 e. The third-order valence-electron chi connectivity index (χ3n) is 1.07. The van der Waals surface area contributed by atoms with E-state index in [9.17, 15) is 4.79 Å². The molecular weight excluding hydrogens is 140 g/mol. The summed E-state index contributed by atoms with van der Waals surface area (Å²) in [6.07, 6.45) is 0. The van der Waals surface area contributed by atoms with Gasteiger partial charge in [0.15, 0.2) is 5.11 Å². The maximum atomic E-state index is 10.2. The number of nitrogens with one attached hydrogen (secondary N) is 2. The van der Waals surface area contributed by atoms with Crippen LogP contribution in [-0.2, 0) is 4.79 Å². The number of hydrogen-bond donors (Lipinski definition) is 3. The molecular formula is C4H6N2O2S. The van der Waals surface area contributed by atoms with Gasteiger partial charge < -0.3 is 15.7 Å². The van der Waals surface area contributed by atoms with Crippen LogP contribution in [0.15, 0.2) is 0 Å². The van der Waals surface area contributed by atoms with Gasteiger partial charge in [-0.15, -0.1) is 0 Å². The molecule has 0 spiro atoms. The van der Waals surface area contributed by atoms with Crippen LogP contribution in [0.25, 0.3) is 0 Å². The molecule has 0 bridgehead atoms. The van der Waals surface area contributed by atoms with Gasteiger partial charge in [0.1, 0.15) is 6.04 Å². The Bertz CT molecular complexity index is 159. The van der Waals surface area contributed by atoms with E-state index in [2.05, 4.69) is 22.9 Å². The van der Waals surface area contributed by atoms with Crippen LogP contribution < -0.4 is 10.6 Å². The van der Waals surface area contributed by atoms with E-state index < -0.39 is 12.0 Å². The van der Waals surface area contributed by atoms with Crippen LogP contribution >= 0.6 is 12.2 Å². The van der Waals surface area contributed by atoms with Crippen LogP contribution in [-0.4, -0.2) is 28.8 Å². The Morgan fingerprint density at radius 2 is 2.56 bits per heavy atom. The fraction of sp³-hybridized carbons (Fsp3) is 0.500. The van der Waals surface area contributed by atoms with Crippen LogP contribution in [0.1, 0.15) is 0 Å². The highest BCUT2D eigenvalue weighted by Gasteiger charge is 2.23. The van der Waals surface area contributed by atoms with Gasteiger partial charge in [0, 0.05) is 6.54 Å². The molecule has 50 valence electrons. The SMILES string of the molecule is O=C(O)[C@@H]1CNC(=S)N1. The molecule has 1 rings (SSSR count). The molecule has 1 aliphatic heterocycles. The molecule has 0 radical (unpaired) electrons. The van der Waals surface area contributed by atoms with Crippen molar-refractivity contribution in [3.63, 3.8) is 0 Å². The van der Waals surface area contributed by atoms with E-state index in [1.54, 1.807) is 0 Å². The zero-order valence-electron chi connectivity index (χ0n) is 4.55. The molecule has 4 nitrogen and oxygen atoms in total. The average molecular weight is 146 g/mol. The smallest absolute Gasteiger partial charge is 0.328 e. The average Bonchev–Trinajstić information content (AvgIpc) is 2.14. The summed E-state index contributed by atoms with van der Waals surface area (Å²) in [5.74, 6) is -0.873. The molecule has 3 N–H and O–H groups in total. The lowest BCUT2D eigenvalue weighted by Crippen LogP contribution is -2.33. The number of carboxylic acid groups (broad SMARTS) is 1. The lowest BCUT2D eigenvalue weighted by molar-refractivity contribution is -0.138. The molecule has 0 aliphatic carbocycles. The fourth-order valence-corrected chi connectivity index (χ4v) is 0.830. The van der Waals surface area contributed by atoms with Gasteiger partial charge in [0.2, 0.25) is 0 Å². The Morgan fingerprint density at radius 3 is 2.78 bits per heavy atom. The molecule has 1 saturated heterocycles. The Balaban J connectivity index is 2.48. The summed E-state index contributed by atoms with van der Waals surface area (Å²) in [6.45, 7) is 0.383. The number of hydrogen-bond acceptors (Lipinski definition) is 2. The van der Waals surface area contributed by atoms with Crippen molar-refractivity contribution in [1.29, 1.82) is 0 Å². The maximum Gasteiger partial charge on any atom is 0.328 e. The first-order chi connectivity index (χ1) is 4.20. The Morgan fingerprint density at radius 1 is 1.89 bits per heavy atom. The van der Waals surface area contributed by atoms with Gasteiger partial charge in [-0.2, -0.15) is 0 Å². The van der Waals surface area contributed by atoms with Crippen molar-refractivity contribution in [1.82, 2.24) is 10.6 Å². The Kier molecular flexibility index (Phi) is 1.52. The van der Waals surface area contributed by atoms with E-state index in [-0.39, 0.29) is 0 Å². The zero-order chi connectivity index (χ0) is 6.85. The first-order valence-corrected chi connectivity index (χ1v) is 2.88. The van der Waals surface area contributed by atoms with E-state index in [1.165, 1.54) is 0 Å². The Hall–Kier alpha value is -0.840. The summed E-state index contributed by atoms with van der Waals surface area (Å²) in [5.41, 5.74) is 0. The minimum absolute atomic E-state index is 0.383. The molecule has 0 aromatic heterocycles. The van der Waals surface area contributed by atoms with Crippen molar-refractivity contribution < 1.29 is 9.90 Å². The Labute approximate surface area is 57.2 Å². The molecule has 1 aliphatic rings. The van der Waals surface area contributed by atoms with E-state index in [4.69, 9.17) is 5.11 Å². The first kappa shape index (κ1) is 6.28. The van der Waals surface area contributed by atoms with Crippen LogP contribution in [0.2, 0.25) is 0 Å². The van der Waals surface area contributed by atoms with Gasteiger partial charge in [-0.25, -0.2) is 4.79 Å². The summed E-state index contributed by atoms with van der Waals surface area (Å²) in [7, 11) is 0. The van der Waals surface area contributed by atoms with Crippen molar-refractivity contribution in [2.24, 2.45) is 0 Å². The first-order valence-electron chi connectivity index (χ1n) is 2.47. The molecule has 1 fully saturated rings. The molecule has 1 heterocycles. The molecule has 0 saturated carbocycles. The third-order valence-corrected chi connectivity index (χ3v) is 1.33. The maximum absolute atomic E-state index is 10.2. The molecule has 0 unspecified atom stereocenters. The van der Waals surface area contributed by atoms with Gasteiger partial charge in [0.25, 0.3) is 0 Å². The number of thiocarbonyl (C=S) groups is 1. The van der Waals surface area contributed by atoms with Crippen LogP contribution in [0.4, 0.5) is 0 Å². The zero-order valence-corrected chi connectivity index (χ0v) is 5.36. The third kappa shape index (κ3) is 1.29. The van der Waals surface area contributed by atoms with Gasteiger partial charge in [0.05, 0.1) is 0 Å². The number of carbonyl (C=O) groups is 1. The highest BCUT2D eigenvalue weighted by molar-refractivity contribution is 7.80. The normalized spacial score (nSPS) is 24.9. The van der Waals surface area contributed by atoms with E-state index in [1.807, 2.05) is 0 Å². The minimum Gasteiger partial charge on any atom is -0.480 e. The predicted octanol–water partition coefficient (Wildman–Crippen LogP) is -1.08. The van der Waals surface area contributed by atoms with E-state index in [0.717, 1.165) is 0 Å². The summed E-state index contributed by atoms with van der Waals surface area (Å²) in [6, 6.07) is -0.544. The second-order valence-electron chi connectivity index (χ2n) is 1.75. The minimum atomic E-state index is -0.873. The van der Waals surface area contributed by atoms with Crippen LogP contribution in [0.3, 0.4) is 0 Å². The topological polar surface area (TPSA) is 61.4 Å². The molecule has 5 heteroatoms. The van der Waals surface area contributed by atoms with Crippen LogP contribution in [0.5, 0.6) is 0 Å². The van der Waals surface area contributed by atoms with Gasteiger partial charge >= 0.3 is 5.97 Å².